The summed E-state index contributed by atoms with van der Waals surface area (Å²) < 4.78 is 16.6. The van der Waals surface area contributed by atoms with Crippen LogP contribution in [0.25, 0.3) is 0 Å². The number of carbonyl (C=O) groups is 2. The maximum absolute atomic E-state index is 13.0. The minimum Gasteiger partial charge on any atom is -0.466 e. The molecule has 0 saturated carbocycles. The molecular formula is C56H103NO10. The second-order valence-corrected chi connectivity index (χ2v) is 19.3. The molecule has 1 amide bonds. The highest BCUT2D eigenvalue weighted by Crippen LogP contribution is 2.23. The molecule has 0 aromatic heterocycles. The van der Waals surface area contributed by atoms with E-state index in [-0.39, 0.29) is 24.9 Å². The summed E-state index contributed by atoms with van der Waals surface area (Å²) in [7, 11) is 0. The fourth-order valence-electron chi connectivity index (χ4n) is 8.54. The topological polar surface area (TPSA) is 175 Å². The number of hydrogen-bond donors (Lipinski definition) is 6. The van der Waals surface area contributed by atoms with E-state index >= 15 is 0 Å². The van der Waals surface area contributed by atoms with Crippen molar-refractivity contribution in [3.05, 3.63) is 36.5 Å². The Kier molecular flexibility index (Phi) is 43.4. The van der Waals surface area contributed by atoms with Gasteiger partial charge in [0.05, 0.1) is 32.0 Å². The Bertz CT molecular complexity index is 1210. The smallest absolute Gasteiger partial charge is 0.305 e. The van der Waals surface area contributed by atoms with Crippen LogP contribution in [0.5, 0.6) is 0 Å². The van der Waals surface area contributed by atoms with Crippen molar-refractivity contribution in [2.24, 2.45) is 0 Å². The second kappa shape index (κ2) is 46.3. The van der Waals surface area contributed by atoms with E-state index in [1.54, 1.807) is 6.08 Å². The molecule has 0 aromatic carbocycles. The Morgan fingerprint density at radius 3 is 1.54 bits per heavy atom. The molecule has 7 atom stereocenters. The van der Waals surface area contributed by atoms with Gasteiger partial charge >= 0.3 is 5.97 Å². The van der Waals surface area contributed by atoms with Gasteiger partial charge in [-0.05, 0) is 51.4 Å². The first-order valence-electron chi connectivity index (χ1n) is 27.8. The Morgan fingerprint density at radius 1 is 0.552 bits per heavy atom. The average Bonchev–Trinajstić information content (AvgIpc) is 3.32. The maximum Gasteiger partial charge on any atom is 0.305 e. The van der Waals surface area contributed by atoms with Crippen molar-refractivity contribution in [3.63, 3.8) is 0 Å². The normalized spacial score (nSPS) is 19.8. The van der Waals surface area contributed by atoms with Crippen LogP contribution in [0.2, 0.25) is 0 Å². The fraction of sp³-hybridized carbons (Fsp3) is 0.857. The second-order valence-electron chi connectivity index (χ2n) is 19.3. The highest BCUT2D eigenvalue weighted by molar-refractivity contribution is 5.76. The lowest BCUT2D eigenvalue weighted by atomic mass is 9.99. The number of aliphatic hydroxyl groups excluding tert-OH is 5. The van der Waals surface area contributed by atoms with Crippen LogP contribution < -0.4 is 5.32 Å². The van der Waals surface area contributed by atoms with Gasteiger partial charge in [-0.1, -0.05) is 217 Å². The largest absolute Gasteiger partial charge is 0.466 e. The van der Waals surface area contributed by atoms with Crippen molar-refractivity contribution in [1.29, 1.82) is 0 Å². The Labute approximate surface area is 409 Å². The van der Waals surface area contributed by atoms with Crippen LogP contribution >= 0.6 is 0 Å². The van der Waals surface area contributed by atoms with Gasteiger partial charge in [0.1, 0.15) is 24.4 Å². The Morgan fingerprint density at radius 2 is 1.01 bits per heavy atom. The van der Waals surface area contributed by atoms with Gasteiger partial charge in [-0.2, -0.15) is 0 Å². The van der Waals surface area contributed by atoms with Gasteiger partial charge in [-0.15, -0.1) is 0 Å². The van der Waals surface area contributed by atoms with E-state index in [0.717, 1.165) is 70.6 Å². The molecule has 1 aliphatic heterocycles. The van der Waals surface area contributed by atoms with E-state index in [2.05, 4.69) is 31.3 Å². The summed E-state index contributed by atoms with van der Waals surface area (Å²) in [5.41, 5.74) is 0. The summed E-state index contributed by atoms with van der Waals surface area (Å²) in [6, 6.07) is -0.854. The van der Waals surface area contributed by atoms with E-state index in [1.165, 1.54) is 141 Å². The van der Waals surface area contributed by atoms with Crippen LogP contribution in [-0.2, 0) is 23.8 Å². The molecule has 1 aliphatic rings. The van der Waals surface area contributed by atoms with Crippen molar-refractivity contribution in [1.82, 2.24) is 5.32 Å². The lowest BCUT2D eigenvalue weighted by molar-refractivity contribution is -0.302. The first-order valence-corrected chi connectivity index (χ1v) is 27.8. The van der Waals surface area contributed by atoms with E-state index in [0.29, 0.717) is 19.4 Å². The molecule has 1 rings (SSSR count). The Balaban J connectivity index is 2.25. The monoisotopic (exact) mass is 950 g/mol. The molecule has 1 saturated heterocycles. The molecule has 11 nitrogen and oxygen atoms in total. The minimum atomic E-state index is -1.59. The number of carbonyl (C=O) groups excluding carboxylic acids is 2. The molecule has 6 N–H and O–H groups in total. The SMILES string of the molecule is CCCCCCCCCCCCCCC/C=C/C(O)C(COC1OC(CO)C(O)C(O)C1O)NC(=O)CC/C=C\C/C=C\CCCCCCCCOC(=O)CCCCCCCCCCCCC. The summed E-state index contributed by atoms with van der Waals surface area (Å²) in [4.78, 5) is 25.0. The number of allylic oxidation sites excluding steroid dienone is 5. The third kappa shape index (κ3) is 36.5. The van der Waals surface area contributed by atoms with Crippen molar-refractivity contribution < 1.29 is 49.3 Å². The summed E-state index contributed by atoms with van der Waals surface area (Å²) >= 11 is 0. The molecule has 392 valence electrons. The first-order chi connectivity index (χ1) is 32.7. The van der Waals surface area contributed by atoms with Gasteiger partial charge in [0.25, 0.3) is 0 Å². The average molecular weight is 950 g/mol. The quantitative estimate of drug-likeness (QED) is 0.0196. The van der Waals surface area contributed by atoms with Crippen LogP contribution in [0.3, 0.4) is 0 Å². The van der Waals surface area contributed by atoms with Crippen molar-refractivity contribution in [2.75, 3.05) is 19.8 Å². The van der Waals surface area contributed by atoms with Crippen LogP contribution in [0.4, 0.5) is 0 Å². The van der Waals surface area contributed by atoms with E-state index < -0.39 is 49.5 Å². The number of rotatable bonds is 47. The molecular weight excluding hydrogens is 847 g/mol. The molecule has 0 bridgehead atoms. The number of amides is 1. The van der Waals surface area contributed by atoms with E-state index in [4.69, 9.17) is 14.2 Å². The lowest BCUT2D eigenvalue weighted by Gasteiger charge is -2.40. The van der Waals surface area contributed by atoms with Gasteiger partial charge in [0, 0.05) is 12.8 Å². The molecule has 7 unspecified atom stereocenters. The number of aliphatic hydroxyl groups is 5. The molecule has 1 fully saturated rings. The van der Waals surface area contributed by atoms with Crippen LogP contribution in [-0.4, -0.2) is 100 Å². The standard InChI is InChI=1S/C56H103NO10/c1-3-5-7-9-11-13-15-16-17-19-23-26-30-34-38-42-49(59)48(47-66-56-55(64)54(63)53(62)50(46-58)67-56)57-51(60)43-39-35-31-27-24-20-18-21-25-29-33-37-41-45-65-52(61)44-40-36-32-28-22-14-12-10-8-6-4-2/h20,24,31,35,38,42,48-50,53-56,58-59,62-64H,3-19,21-23,25-30,32-34,36-37,39-41,43-47H2,1-2H3,(H,57,60)/b24-20-,35-31-,42-38+. The predicted octanol–water partition coefficient (Wildman–Crippen LogP) is 11.9. The minimum absolute atomic E-state index is 0.0398. The fourth-order valence-corrected chi connectivity index (χ4v) is 8.54. The van der Waals surface area contributed by atoms with E-state index in [9.17, 15) is 35.1 Å². The predicted molar refractivity (Wildman–Crippen MR) is 274 cm³/mol. The third-order valence-electron chi connectivity index (χ3n) is 13.0. The summed E-state index contributed by atoms with van der Waals surface area (Å²) in [6.07, 6.45) is 45.1. The van der Waals surface area contributed by atoms with Crippen molar-refractivity contribution in [2.45, 2.75) is 288 Å². The Hall–Kier alpha value is -2.12. The zero-order valence-electron chi connectivity index (χ0n) is 42.9. The number of esters is 1. The maximum atomic E-state index is 13.0. The summed E-state index contributed by atoms with van der Waals surface area (Å²) in [5.74, 6) is -0.301. The van der Waals surface area contributed by atoms with Gasteiger partial charge in [-0.3, -0.25) is 9.59 Å². The molecule has 67 heavy (non-hydrogen) atoms. The number of unbranched alkanes of at least 4 members (excludes halogenated alkanes) is 29. The number of ether oxygens (including phenoxy) is 3. The molecule has 1 heterocycles. The van der Waals surface area contributed by atoms with Gasteiger partial charge in [0.15, 0.2) is 6.29 Å². The van der Waals surface area contributed by atoms with Gasteiger partial charge < -0.3 is 45.1 Å². The van der Waals surface area contributed by atoms with Crippen LogP contribution in [0, 0.1) is 0 Å². The highest BCUT2D eigenvalue weighted by Gasteiger charge is 2.44. The lowest BCUT2D eigenvalue weighted by Crippen LogP contribution is -2.60. The zero-order chi connectivity index (χ0) is 48.8. The van der Waals surface area contributed by atoms with Crippen LogP contribution in [0.1, 0.15) is 245 Å². The number of hydrogen-bond acceptors (Lipinski definition) is 10. The zero-order valence-corrected chi connectivity index (χ0v) is 42.9. The number of nitrogens with one attached hydrogen (secondary N) is 1. The summed E-state index contributed by atoms with van der Waals surface area (Å²) in [6.45, 7) is 4.25. The molecule has 0 aromatic rings. The van der Waals surface area contributed by atoms with Crippen molar-refractivity contribution in [3.8, 4) is 0 Å². The first kappa shape index (κ1) is 62.9. The highest BCUT2D eigenvalue weighted by atomic mass is 16.7. The van der Waals surface area contributed by atoms with Crippen LogP contribution in [0.15, 0.2) is 36.5 Å². The van der Waals surface area contributed by atoms with Crippen molar-refractivity contribution >= 4 is 11.9 Å². The molecule has 0 radical (unpaired) electrons. The van der Waals surface area contributed by atoms with E-state index in [1.807, 2.05) is 18.2 Å². The summed E-state index contributed by atoms with van der Waals surface area (Å²) in [5, 5.41) is 54.3. The van der Waals surface area contributed by atoms with Gasteiger partial charge in [-0.25, -0.2) is 0 Å². The molecule has 0 spiro atoms. The third-order valence-corrected chi connectivity index (χ3v) is 13.0. The van der Waals surface area contributed by atoms with Gasteiger partial charge in [0.2, 0.25) is 5.91 Å². The molecule has 0 aliphatic carbocycles. The molecule has 11 heteroatoms.